The van der Waals surface area contributed by atoms with Crippen LogP contribution in [0, 0.1) is 5.41 Å². The van der Waals surface area contributed by atoms with Crippen molar-refractivity contribution < 1.29 is 0 Å². The minimum Gasteiger partial charge on any atom is -0.330 e. The van der Waals surface area contributed by atoms with Gasteiger partial charge in [-0.2, -0.15) is 0 Å². The van der Waals surface area contributed by atoms with Gasteiger partial charge in [-0.25, -0.2) is 0 Å². The molecule has 1 rings (SSSR count). The molecule has 2 heteroatoms. The van der Waals surface area contributed by atoms with E-state index in [1.165, 1.54) is 6.42 Å². The third-order valence-electron chi connectivity index (χ3n) is 1.71. The molecular weight excluding hydrogens is 154 g/mol. The Morgan fingerprint density at radius 1 is 2.00 bits per heavy atom. The highest BCUT2D eigenvalue weighted by atomic mass is 79.9. The van der Waals surface area contributed by atoms with Crippen molar-refractivity contribution in [2.45, 2.75) is 18.2 Å². The summed E-state index contributed by atoms with van der Waals surface area (Å²) in [6.07, 6.45) is 1.25. The lowest BCUT2D eigenvalue weighted by Crippen LogP contribution is -2.13. The molecule has 0 aromatic heterocycles. The van der Waals surface area contributed by atoms with E-state index in [1.807, 2.05) is 0 Å². The predicted octanol–water partition coefficient (Wildman–Crippen LogP) is 1.12. The van der Waals surface area contributed by atoms with Gasteiger partial charge >= 0.3 is 0 Å². The van der Waals surface area contributed by atoms with Gasteiger partial charge in [-0.3, -0.25) is 0 Å². The summed E-state index contributed by atoms with van der Waals surface area (Å²) in [7, 11) is 0. The average Bonchev–Trinajstić information content (AvgIpc) is 2.18. The molecule has 0 spiro atoms. The molecule has 1 fully saturated rings. The topological polar surface area (TPSA) is 26.0 Å². The van der Waals surface area contributed by atoms with Gasteiger partial charge in [0, 0.05) is 4.83 Å². The fourth-order valence-corrected chi connectivity index (χ4v) is 1.49. The molecule has 7 heavy (non-hydrogen) atoms. The van der Waals surface area contributed by atoms with E-state index >= 15 is 0 Å². The maximum atomic E-state index is 5.43. The minimum atomic E-state index is 0.444. The van der Waals surface area contributed by atoms with Crippen LogP contribution in [0.15, 0.2) is 0 Å². The largest absolute Gasteiger partial charge is 0.330 e. The van der Waals surface area contributed by atoms with Crippen LogP contribution in [-0.2, 0) is 0 Å². The molecule has 2 N–H and O–H groups in total. The van der Waals surface area contributed by atoms with E-state index in [-0.39, 0.29) is 0 Å². The van der Waals surface area contributed by atoms with Gasteiger partial charge in [-0.15, -0.1) is 0 Å². The SMILES string of the molecule is C[C@@]1(CN)C[C@@H]1Br. The van der Waals surface area contributed by atoms with Gasteiger partial charge < -0.3 is 5.73 Å². The highest BCUT2D eigenvalue weighted by Gasteiger charge is 2.46. The van der Waals surface area contributed by atoms with Gasteiger partial charge in [-0.1, -0.05) is 22.9 Å². The molecule has 0 bridgehead atoms. The van der Waals surface area contributed by atoms with Crippen LogP contribution in [0.3, 0.4) is 0 Å². The first-order valence-electron chi connectivity index (χ1n) is 2.53. The highest BCUT2D eigenvalue weighted by molar-refractivity contribution is 9.09. The zero-order valence-corrected chi connectivity index (χ0v) is 6.03. The molecule has 0 saturated heterocycles. The average molecular weight is 164 g/mol. The molecule has 0 amide bonds. The molecule has 0 radical (unpaired) electrons. The van der Waals surface area contributed by atoms with E-state index in [0.717, 1.165) is 6.54 Å². The van der Waals surface area contributed by atoms with Crippen LogP contribution in [0.2, 0.25) is 0 Å². The minimum absolute atomic E-state index is 0.444. The van der Waals surface area contributed by atoms with Crippen molar-refractivity contribution in [1.82, 2.24) is 0 Å². The number of hydrogen-bond donors (Lipinski definition) is 1. The highest BCUT2D eigenvalue weighted by Crippen LogP contribution is 2.49. The number of hydrogen-bond acceptors (Lipinski definition) is 1. The Kier molecular flexibility index (Phi) is 1.16. The van der Waals surface area contributed by atoms with Crippen LogP contribution in [0.25, 0.3) is 0 Å². The molecule has 0 aliphatic heterocycles. The molecule has 1 saturated carbocycles. The second kappa shape index (κ2) is 1.46. The van der Waals surface area contributed by atoms with Crippen molar-refractivity contribution in [2.24, 2.45) is 11.1 Å². The summed E-state index contributed by atoms with van der Waals surface area (Å²) < 4.78 is 0. The quantitative estimate of drug-likeness (QED) is 0.577. The number of rotatable bonds is 1. The molecule has 0 heterocycles. The second-order valence-electron chi connectivity index (χ2n) is 2.53. The summed E-state index contributed by atoms with van der Waals surface area (Å²) in [5.74, 6) is 0. The number of alkyl halides is 1. The molecular formula is C5H10BrN. The van der Waals surface area contributed by atoms with Crippen molar-refractivity contribution in [3.8, 4) is 0 Å². The molecule has 1 aliphatic carbocycles. The van der Waals surface area contributed by atoms with Crippen molar-refractivity contribution in [3.05, 3.63) is 0 Å². The lowest BCUT2D eigenvalue weighted by atomic mass is 10.2. The van der Waals surface area contributed by atoms with E-state index in [1.54, 1.807) is 0 Å². The lowest BCUT2D eigenvalue weighted by molar-refractivity contribution is 0.594. The van der Waals surface area contributed by atoms with Crippen molar-refractivity contribution in [3.63, 3.8) is 0 Å². The zero-order valence-electron chi connectivity index (χ0n) is 4.45. The fraction of sp³-hybridized carbons (Fsp3) is 1.00. The summed E-state index contributed by atoms with van der Waals surface area (Å²) in [6.45, 7) is 3.02. The fourth-order valence-electron chi connectivity index (χ4n) is 0.562. The van der Waals surface area contributed by atoms with Crippen LogP contribution in [-0.4, -0.2) is 11.4 Å². The molecule has 0 unspecified atom stereocenters. The van der Waals surface area contributed by atoms with Crippen molar-refractivity contribution >= 4 is 15.9 Å². The first-order valence-corrected chi connectivity index (χ1v) is 3.45. The van der Waals surface area contributed by atoms with Crippen LogP contribution in [0.1, 0.15) is 13.3 Å². The van der Waals surface area contributed by atoms with Crippen LogP contribution >= 0.6 is 15.9 Å². The Labute approximate surface area is 52.4 Å². The van der Waals surface area contributed by atoms with Gasteiger partial charge in [0.1, 0.15) is 0 Å². The molecule has 2 atom stereocenters. The Morgan fingerprint density at radius 3 is 2.43 bits per heavy atom. The summed E-state index contributed by atoms with van der Waals surface area (Å²) in [5.41, 5.74) is 5.87. The summed E-state index contributed by atoms with van der Waals surface area (Å²) >= 11 is 3.48. The summed E-state index contributed by atoms with van der Waals surface area (Å²) in [6, 6.07) is 0. The van der Waals surface area contributed by atoms with Gasteiger partial charge in [0.2, 0.25) is 0 Å². The van der Waals surface area contributed by atoms with Crippen LogP contribution in [0.5, 0.6) is 0 Å². The van der Waals surface area contributed by atoms with Crippen LogP contribution < -0.4 is 5.73 Å². The van der Waals surface area contributed by atoms with Gasteiger partial charge in [0.05, 0.1) is 0 Å². The van der Waals surface area contributed by atoms with Gasteiger partial charge in [0.25, 0.3) is 0 Å². The molecule has 42 valence electrons. The molecule has 0 aromatic carbocycles. The predicted molar refractivity (Wildman–Crippen MR) is 34.5 cm³/mol. The van der Waals surface area contributed by atoms with E-state index in [2.05, 4.69) is 22.9 Å². The second-order valence-corrected chi connectivity index (χ2v) is 3.64. The van der Waals surface area contributed by atoms with E-state index in [4.69, 9.17) is 5.73 Å². The number of halogens is 1. The molecule has 1 aliphatic rings. The third kappa shape index (κ3) is 0.820. The number of nitrogens with two attached hydrogens (primary N) is 1. The molecule has 0 aromatic rings. The monoisotopic (exact) mass is 163 g/mol. The van der Waals surface area contributed by atoms with E-state index in [0.29, 0.717) is 10.2 Å². The van der Waals surface area contributed by atoms with Gasteiger partial charge in [0.15, 0.2) is 0 Å². The van der Waals surface area contributed by atoms with Crippen molar-refractivity contribution in [2.75, 3.05) is 6.54 Å². The molecule has 1 nitrogen and oxygen atoms in total. The van der Waals surface area contributed by atoms with Gasteiger partial charge in [-0.05, 0) is 18.4 Å². The maximum absolute atomic E-state index is 5.43. The lowest BCUT2D eigenvalue weighted by Gasteiger charge is -1.99. The Morgan fingerprint density at radius 2 is 2.43 bits per heavy atom. The van der Waals surface area contributed by atoms with E-state index in [9.17, 15) is 0 Å². The third-order valence-corrected chi connectivity index (χ3v) is 3.14. The smallest absolute Gasteiger partial charge is 0.0218 e. The standard InChI is InChI=1S/C5H10BrN/c1-5(3-7)2-4(5)6/h4H,2-3,7H2,1H3/t4-,5-/m0/s1. The Hall–Kier alpha value is 0.440. The maximum Gasteiger partial charge on any atom is 0.0218 e. The Bertz CT molecular complexity index is 80.1. The first-order chi connectivity index (χ1) is 3.19. The normalized spacial score (nSPS) is 49.3. The summed E-state index contributed by atoms with van der Waals surface area (Å²) in [4.78, 5) is 0.699. The van der Waals surface area contributed by atoms with Crippen LogP contribution in [0.4, 0.5) is 0 Å². The first kappa shape index (κ1) is 5.57. The van der Waals surface area contributed by atoms with E-state index < -0.39 is 0 Å². The van der Waals surface area contributed by atoms with Crippen molar-refractivity contribution in [1.29, 1.82) is 0 Å². The summed E-state index contributed by atoms with van der Waals surface area (Å²) in [5, 5.41) is 0. The Balaban J connectivity index is 2.36. The zero-order chi connectivity index (χ0) is 5.49.